The summed E-state index contributed by atoms with van der Waals surface area (Å²) in [6, 6.07) is 12.3. The van der Waals surface area contributed by atoms with Crippen molar-refractivity contribution in [2.75, 3.05) is 13.2 Å². The molecule has 4 nitrogen and oxygen atoms in total. The van der Waals surface area contributed by atoms with Crippen molar-refractivity contribution >= 4 is 27.3 Å². The van der Waals surface area contributed by atoms with E-state index in [1.54, 1.807) is 19.1 Å². The summed E-state index contributed by atoms with van der Waals surface area (Å²) in [6.45, 7) is 3.82. The highest BCUT2D eigenvalue weighted by Crippen LogP contribution is 2.32. The number of fused-ring (bicyclic) bond motifs is 1. The lowest BCUT2D eigenvalue weighted by Gasteiger charge is -2.13. The van der Waals surface area contributed by atoms with Gasteiger partial charge in [0, 0.05) is 16.6 Å². The first-order valence-corrected chi connectivity index (χ1v) is 9.10. The van der Waals surface area contributed by atoms with Crippen molar-refractivity contribution < 1.29 is 19.0 Å². The molecule has 136 valence electrons. The molecule has 0 aliphatic rings. The van der Waals surface area contributed by atoms with Crippen LogP contribution < -0.4 is 10.1 Å². The van der Waals surface area contributed by atoms with Gasteiger partial charge in [-0.25, -0.2) is 4.39 Å². The Morgan fingerprint density at radius 3 is 2.77 bits per heavy atom. The summed E-state index contributed by atoms with van der Waals surface area (Å²) in [5.74, 6) is 0.0193. The van der Waals surface area contributed by atoms with Gasteiger partial charge in [-0.3, -0.25) is 4.79 Å². The van der Waals surface area contributed by atoms with E-state index in [4.69, 9.17) is 4.74 Å². The molecule has 3 rings (SSSR count). The molecule has 0 aliphatic carbocycles. The van der Waals surface area contributed by atoms with Gasteiger partial charge in [0.05, 0.1) is 4.88 Å². The second kappa shape index (κ2) is 7.85. The zero-order chi connectivity index (χ0) is 18.7. The van der Waals surface area contributed by atoms with E-state index in [0.29, 0.717) is 21.6 Å². The molecule has 2 aromatic carbocycles. The summed E-state index contributed by atoms with van der Waals surface area (Å²) in [4.78, 5) is 12.9. The minimum absolute atomic E-state index is 0.0564. The molecule has 0 spiro atoms. The van der Waals surface area contributed by atoms with E-state index in [9.17, 15) is 14.3 Å². The molecular formula is C20H20FNO3S. The molecule has 0 saturated carbocycles. The standard InChI is InChI=1S/C20H20FNO3S/c1-12-5-3-6-15(9-12)25-11-14(23)10-22-20(24)19-13(2)18-16(21)7-4-8-17(18)26-19/h3-9,14,23H,10-11H2,1-2H3,(H,22,24). The molecule has 0 saturated heterocycles. The Hall–Kier alpha value is -2.44. The van der Waals surface area contributed by atoms with Crippen LogP contribution in [-0.2, 0) is 0 Å². The molecule has 0 radical (unpaired) electrons. The fourth-order valence-electron chi connectivity index (χ4n) is 2.72. The van der Waals surface area contributed by atoms with E-state index in [0.717, 1.165) is 10.3 Å². The molecule has 6 heteroatoms. The average molecular weight is 373 g/mol. The molecule has 26 heavy (non-hydrogen) atoms. The van der Waals surface area contributed by atoms with Gasteiger partial charge in [0.2, 0.25) is 0 Å². The molecule has 1 heterocycles. The summed E-state index contributed by atoms with van der Waals surface area (Å²) < 4.78 is 20.2. The maximum Gasteiger partial charge on any atom is 0.261 e. The van der Waals surface area contributed by atoms with Crippen LogP contribution in [0, 0.1) is 19.7 Å². The van der Waals surface area contributed by atoms with Crippen molar-refractivity contribution in [1.29, 1.82) is 0 Å². The third-order valence-electron chi connectivity index (χ3n) is 4.04. The Morgan fingerprint density at radius 2 is 2.04 bits per heavy atom. The van der Waals surface area contributed by atoms with Gasteiger partial charge in [0.1, 0.15) is 24.3 Å². The zero-order valence-corrected chi connectivity index (χ0v) is 15.4. The molecule has 0 aliphatic heterocycles. The Bertz CT molecular complexity index is 938. The third kappa shape index (κ3) is 4.03. The van der Waals surface area contributed by atoms with E-state index < -0.39 is 6.10 Å². The number of hydrogen-bond acceptors (Lipinski definition) is 4. The average Bonchev–Trinajstić information content (AvgIpc) is 2.96. The highest BCUT2D eigenvalue weighted by atomic mass is 32.1. The maximum atomic E-state index is 13.9. The Balaban J connectivity index is 1.58. The molecule has 1 aromatic heterocycles. The van der Waals surface area contributed by atoms with Crippen LogP contribution in [0.3, 0.4) is 0 Å². The van der Waals surface area contributed by atoms with Crippen LogP contribution in [0.5, 0.6) is 5.75 Å². The molecule has 3 aromatic rings. The Morgan fingerprint density at radius 1 is 1.27 bits per heavy atom. The van der Waals surface area contributed by atoms with Gasteiger partial charge in [-0.2, -0.15) is 0 Å². The number of thiophene rings is 1. The zero-order valence-electron chi connectivity index (χ0n) is 14.6. The number of carbonyl (C=O) groups is 1. The summed E-state index contributed by atoms with van der Waals surface area (Å²) in [6.07, 6.45) is -0.842. The number of aryl methyl sites for hydroxylation is 2. The fourth-order valence-corrected chi connectivity index (χ4v) is 3.86. The van der Waals surface area contributed by atoms with Gasteiger partial charge in [0.25, 0.3) is 5.91 Å². The van der Waals surface area contributed by atoms with Crippen LogP contribution in [0.2, 0.25) is 0 Å². The molecule has 2 N–H and O–H groups in total. The lowest BCUT2D eigenvalue weighted by Crippen LogP contribution is -2.35. The van der Waals surface area contributed by atoms with Gasteiger partial charge in [0.15, 0.2) is 0 Å². The summed E-state index contributed by atoms with van der Waals surface area (Å²) >= 11 is 1.24. The number of aliphatic hydroxyl groups excluding tert-OH is 1. The van der Waals surface area contributed by atoms with E-state index >= 15 is 0 Å². The Kier molecular flexibility index (Phi) is 5.54. The normalized spacial score (nSPS) is 12.2. The Labute approximate surface area is 155 Å². The topological polar surface area (TPSA) is 58.6 Å². The number of rotatable bonds is 6. The van der Waals surface area contributed by atoms with Crippen molar-refractivity contribution in [2.45, 2.75) is 20.0 Å². The van der Waals surface area contributed by atoms with Crippen molar-refractivity contribution in [1.82, 2.24) is 5.32 Å². The third-order valence-corrected chi connectivity index (χ3v) is 5.30. The molecule has 1 amide bonds. The summed E-state index contributed by atoms with van der Waals surface area (Å²) in [5.41, 5.74) is 1.68. The number of halogens is 1. The minimum atomic E-state index is -0.842. The molecule has 1 atom stereocenters. The largest absolute Gasteiger partial charge is 0.491 e. The van der Waals surface area contributed by atoms with Crippen LogP contribution in [0.1, 0.15) is 20.8 Å². The maximum absolute atomic E-state index is 13.9. The summed E-state index contributed by atoms with van der Waals surface area (Å²) in [5, 5.41) is 13.2. The lowest BCUT2D eigenvalue weighted by molar-refractivity contribution is 0.0846. The first-order chi connectivity index (χ1) is 12.5. The highest BCUT2D eigenvalue weighted by Gasteiger charge is 2.18. The van der Waals surface area contributed by atoms with Gasteiger partial charge >= 0.3 is 0 Å². The van der Waals surface area contributed by atoms with E-state index in [2.05, 4.69) is 5.32 Å². The second-order valence-electron chi connectivity index (χ2n) is 6.16. The lowest BCUT2D eigenvalue weighted by atomic mass is 10.1. The number of aliphatic hydroxyl groups is 1. The molecule has 1 unspecified atom stereocenters. The van der Waals surface area contributed by atoms with Crippen LogP contribution in [0.15, 0.2) is 42.5 Å². The monoisotopic (exact) mass is 373 g/mol. The first kappa shape index (κ1) is 18.4. The number of hydrogen-bond donors (Lipinski definition) is 2. The molecule has 0 fully saturated rings. The highest BCUT2D eigenvalue weighted by molar-refractivity contribution is 7.21. The van der Waals surface area contributed by atoms with Gasteiger partial charge < -0.3 is 15.2 Å². The van der Waals surface area contributed by atoms with Crippen molar-refractivity contribution in [2.24, 2.45) is 0 Å². The second-order valence-corrected chi connectivity index (χ2v) is 7.21. The van der Waals surface area contributed by atoms with E-state index in [-0.39, 0.29) is 24.9 Å². The van der Waals surface area contributed by atoms with Gasteiger partial charge in [-0.1, -0.05) is 18.2 Å². The number of nitrogens with one attached hydrogen (secondary N) is 1. The van der Waals surface area contributed by atoms with Crippen molar-refractivity contribution in [3.63, 3.8) is 0 Å². The van der Waals surface area contributed by atoms with Crippen LogP contribution in [0.25, 0.3) is 10.1 Å². The van der Waals surface area contributed by atoms with Crippen LogP contribution in [0.4, 0.5) is 4.39 Å². The predicted molar refractivity (Wildman–Crippen MR) is 102 cm³/mol. The minimum Gasteiger partial charge on any atom is -0.491 e. The van der Waals surface area contributed by atoms with E-state index in [1.807, 2.05) is 31.2 Å². The number of amides is 1. The number of carbonyl (C=O) groups excluding carboxylic acids is 1. The van der Waals surface area contributed by atoms with E-state index in [1.165, 1.54) is 17.4 Å². The van der Waals surface area contributed by atoms with Crippen LogP contribution in [-0.4, -0.2) is 30.3 Å². The predicted octanol–water partition coefficient (Wildman–Crippen LogP) is 3.83. The number of ether oxygens (including phenoxy) is 1. The number of benzene rings is 2. The smallest absolute Gasteiger partial charge is 0.261 e. The fraction of sp³-hybridized carbons (Fsp3) is 0.250. The van der Waals surface area contributed by atoms with Crippen molar-refractivity contribution in [3.05, 3.63) is 64.3 Å². The van der Waals surface area contributed by atoms with Crippen molar-refractivity contribution in [3.8, 4) is 5.75 Å². The summed E-state index contributed by atoms with van der Waals surface area (Å²) in [7, 11) is 0. The molecule has 0 bridgehead atoms. The molecular weight excluding hydrogens is 353 g/mol. The first-order valence-electron chi connectivity index (χ1n) is 8.29. The van der Waals surface area contributed by atoms with Crippen LogP contribution >= 0.6 is 11.3 Å². The van der Waals surface area contributed by atoms with Gasteiger partial charge in [-0.05, 0) is 49.2 Å². The quantitative estimate of drug-likeness (QED) is 0.690. The van der Waals surface area contributed by atoms with Gasteiger partial charge in [-0.15, -0.1) is 11.3 Å². The SMILES string of the molecule is Cc1cccc(OCC(O)CNC(=O)c2sc3cccc(F)c3c2C)c1.